The van der Waals surface area contributed by atoms with E-state index in [9.17, 15) is 14.9 Å². The molecule has 2 N–H and O–H groups in total. The van der Waals surface area contributed by atoms with E-state index >= 15 is 0 Å². The molecule has 9 heteroatoms. The van der Waals surface area contributed by atoms with Crippen LogP contribution >= 0.6 is 11.6 Å². The lowest BCUT2D eigenvalue weighted by atomic mass is 10.1. The van der Waals surface area contributed by atoms with Gasteiger partial charge in [-0.3, -0.25) is 14.9 Å². The van der Waals surface area contributed by atoms with Gasteiger partial charge in [0, 0.05) is 30.3 Å². The molecule has 26 heavy (non-hydrogen) atoms. The highest BCUT2D eigenvalue weighted by Crippen LogP contribution is 2.29. The highest BCUT2D eigenvalue weighted by atomic mass is 35.5. The number of amides is 1. The van der Waals surface area contributed by atoms with Gasteiger partial charge in [0.15, 0.2) is 0 Å². The molecule has 0 aliphatic rings. The fourth-order valence-electron chi connectivity index (χ4n) is 2.23. The number of nitro benzene ring substituents is 1. The molecule has 8 nitrogen and oxygen atoms in total. The van der Waals surface area contributed by atoms with Crippen LogP contribution in [-0.4, -0.2) is 38.2 Å². The van der Waals surface area contributed by atoms with Crippen molar-refractivity contribution in [3.63, 3.8) is 0 Å². The summed E-state index contributed by atoms with van der Waals surface area (Å²) in [5.74, 6) is -0.0905. The van der Waals surface area contributed by atoms with E-state index in [-0.39, 0.29) is 11.3 Å². The summed E-state index contributed by atoms with van der Waals surface area (Å²) in [5.41, 5.74) is 0.613. The van der Waals surface area contributed by atoms with Crippen LogP contribution in [0, 0.1) is 10.1 Å². The first-order valence-electron chi connectivity index (χ1n) is 7.62. The van der Waals surface area contributed by atoms with Crippen LogP contribution in [0.1, 0.15) is 10.4 Å². The number of rotatable bonds is 8. The number of nitrogens with zero attached hydrogens (tertiary/aromatic N) is 1. The van der Waals surface area contributed by atoms with Crippen LogP contribution < -0.4 is 15.4 Å². The van der Waals surface area contributed by atoms with Crippen molar-refractivity contribution < 1.29 is 19.2 Å². The number of methoxy groups -OCH3 is 2. The van der Waals surface area contributed by atoms with Crippen molar-refractivity contribution >= 4 is 34.6 Å². The van der Waals surface area contributed by atoms with Crippen molar-refractivity contribution in [2.45, 2.75) is 0 Å². The standard InChI is InChI=1S/C17H18ClN3O5/c1-25-8-7-19-13-5-3-11(9-15(13)21(23)24)17(22)20-14-10-12(18)4-6-16(14)26-2/h3-6,9-10,19H,7-8H2,1-2H3,(H,20,22). The van der Waals surface area contributed by atoms with Gasteiger partial charge in [0.05, 0.1) is 24.3 Å². The molecule has 0 spiro atoms. The molecule has 0 atom stereocenters. The molecule has 0 heterocycles. The molecule has 0 saturated heterocycles. The quantitative estimate of drug-likeness (QED) is 0.413. The first-order chi connectivity index (χ1) is 12.5. The summed E-state index contributed by atoms with van der Waals surface area (Å²) in [6.07, 6.45) is 0. The summed E-state index contributed by atoms with van der Waals surface area (Å²) in [6.45, 7) is 0.802. The molecule has 0 aliphatic heterocycles. The van der Waals surface area contributed by atoms with Crippen LogP contribution in [0.2, 0.25) is 5.02 Å². The minimum absolute atomic E-state index is 0.135. The van der Waals surface area contributed by atoms with Gasteiger partial charge in [-0.1, -0.05) is 11.6 Å². The second-order valence-corrected chi connectivity index (χ2v) is 5.64. The van der Waals surface area contributed by atoms with Gasteiger partial charge in [0.2, 0.25) is 0 Å². The maximum atomic E-state index is 12.5. The Morgan fingerprint density at radius 1 is 1.19 bits per heavy atom. The molecular weight excluding hydrogens is 362 g/mol. The molecule has 0 aromatic heterocycles. The zero-order valence-electron chi connectivity index (χ0n) is 14.2. The maximum Gasteiger partial charge on any atom is 0.293 e. The van der Waals surface area contributed by atoms with Gasteiger partial charge < -0.3 is 20.1 Å². The first-order valence-corrected chi connectivity index (χ1v) is 8.00. The minimum Gasteiger partial charge on any atom is -0.495 e. The molecule has 138 valence electrons. The monoisotopic (exact) mass is 379 g/mol. The van der Waals surface area contributed by atoms with Crippen molar-refractivity contribution in [2.24, 2.45) is 0 Å². The predicted molar refractivity (Wildman–Crippen MR) is 99.4 cm³/mol. The second kappa shape index (κ2) is 9.02. The summed E-state index contributed by atoms with van der Waals surface area (Å²) in [6, 6.07) is 8.96. The topological polar surface area (TPSA) is 103 Å². The molecule has 2 aromatic rings. The third-order valence-electron chi connectivity index (χ3n) is 3.49. The van der Waals surface area contributed by atoms with Crippen LogP contribution in [0.4, 0.5) is 17.1 Å². The Balaban J connectivity index is 2.25. The van der Waals surface area contributed by atoms with Gasteiger partial charge in [0.25, 0.3) is 11.6 Å². The fourth-order valence-corrected chi connectivity index (χ4v) is 2.41. The number of carbonyl (C=O) groups is 1. The highest BCUT2D eigenvalue weighted by Gasteiger charge is 2.18. The van der Waals surface area contributed by atoms with E-state index in [2.05, 4.69) is 10.6 Å². The number of anilines is 2. The van der Waals surface area contributed by atoms with Crippen LogP contribution in [0.3, 0.4) is 0 Å². The summed E-state index contributed by atoms with van der Waals surface area (Å²) in [4.78, 5) is 23.2. The normalized spacial score (nSPS) is 10.3. The summed E-state index contributed by atoms with van der Waals surface area (Å²) in [5, 5.41) is 17.3. The van der Waals surface area contributed by atoms with Crippen LogP contribution in [-0.2, 0) is 4.74 Å². The number of hydrogen-bond donors (Lipinski definition) is 2. The molecule has 0 radical (unpaired) electrons. The Kier molecular flexibility index (Phi) is 6.76. The van der Waals surface area contributed by atoms with E-state index in [1.807, 2.05) is 0 Å². The lowest BCUT2D eigenvalue weighted by Crippen LogP contribution is -2.14. The Hall–Kier alpha value is -2.84. The number of nitrogens with one attached hydrogen (secondary N) is 2. The summed E-state index contributed by atoms with van der Waals surface area (Å²) < 4.78 is 10.1. The smallest absolute Gasteiger partial charge is 0.293 e. The summed E-state index contributed by atoms with van der Waals surface area (Å²) >= 11 is 5.94. The number of nitro groups is 1. The van der Waals surface area contributed by atoms with Crippen molar-refractivity contribution in [3.8, 4) is 5.75 Å². The lowest BCUT2D eigenvalue weighted by Gasteiger charge is -2.11. The van der Waals surface area contributed by atoms with E-state index in [0.717, 1.165) is 0 Å². The van der Waals surface area contributed by atoms with Gasteiger partial charge in [0.1, 0.15) is 11.4 Å². The largest absolute Gasteiger partial charge is 0.495 e. The first kappa shape index (κ1) is 19.5. The average Bonchev–Trinajstić information content (AvgIpc) is 2.62. The number of ether oxygens (including phenoxy) is 2. The number of benzene rings is 2. The minimum atomic E-state index is -0.550. The summed E-state index contributed by atoms with van der Waals surface area (Å²) in [7, 11) is 3.00. The van der Waals surface area contributed by atoms with Crippen molar-refractivity contribution in [3.05, 3.63) is 57.1 Å². The average molecular weight is 380 g/mol. The van der Waals surface area contributed by atoms with Crippen LogP contribution in [0.5, 0.6) is 5.75 Å². The molecule has 0 bridgehead atoms. The van der Waals surface area contributed by atoms with Gasteiger partial charge >= 0.3 is 0 Å². The van der Waals surface area contributed by atoms with E-state index in [1.165, 1.54) is 38.5 Å². The van der Waals surface area contributed by atoms with Gasteiger partial charge in [-0.15, -0.1) is 0 Å². The molecule has 2 rings (SSSR count). The Morgan fingerprint density at radius 2 is 1.96 bits per heavy atom. The Bertz CT molecular complexity index is 813. The lowest BCUT2D eigenvalue weighted by molar-refractivity contribution is -0.384. The van der Waals surface area contributed by atoms with Gasteiger partial charge in [-0.2, -0.15) is 0 Å². The van der Waals surface area contributed by atoms with E-state index in [4.69, 9.17) is 21.1 Å². The molecule has 0 unspecified atom stereocenters. The predicted octanol–water partition coefficient (Wildman–Crippen LogP) is 3.57. The van der Waals surface area contributed by atoms with Crippen molar-refractivity contribution in [1.82, 2.24) is 0 Å². The molecule has 0 saturated carbocycles. The van der Waals surface area contributed by atoms with E-state index in [0.29, 0.717) is 35.3 Å². The Morgan fingerprint density at radius 3 is 2.62 bits per heavy atom. The molecule has 0 aliphatic carbocycles. The zero-order chi connectivity index (χ0) is 19.1. The molecule has 1 amide bonds. The SMILES string of the molecule is COCCNc1ccc(C(=O)Nc2cc(Cl)ccc2OC)cc1[N+](=O)[O-]. The van der Waals surface area contributed by atoms with Gasteiger partial charge in [-0.25, -0.2) is 0 Å². The third-order valence-corrected chi connectivity index (χ3v) is 3.72. The van der Waals surface area contributed by atoms with Crippen molar-refractivity contribution in [1.29, 1.82) is 0 Å². The van der Waals surface area contributed by atoms with Gasteiger partial charge in [-0.05, 0) is 30.3 Å². The number of hydrogen-bond acceptors (Lipinski definition) is 6. The third kappa shape index (κ3) is 4.84. The van der Waals surface area contributed by atoms with E-state index < -0.39 is 10.8 Å². The van der Waals surface area contributed by atoms with Crippen LogP contribution in [0.15, 0.2) is 36.4 Å². The zero-order valence-corrected chi connectivity index (χ0v) is 15.0. The Labute approximate surface area is 155 Å². The molecular formula is C17H18ClN3O5. The van der Waals surface area contributed by atoms with Crippen molar-refractivity contribution in [2.75, 3.05) is 38.0 Å². The fraction of sp³-hybridized carbons (Fsp3) is 0.235. The highest BCUT2D eigenvalue weighted by molar-refractivity contribution is 6.31. The number of carbonyl (C=O) groups excluding carboxylic acids is 1. The second-order valence-electron chi connectivity index (χ2n) is 5.21. The molecule has 0 fully saturated rings. The number of halogens is 1. The maximum absolute atomic E-state index is 12.5. The molecule has 2 aromatic carbocycles. The van der Waals surface area contributed by atoms with E-state index in [1.54, 1.807) is 12.1 Å². The van der Waals surface area contributed by atoms with Crippen LogP contribution in [0.25, 0.3) is 0 Å².